The predicted molar refractivity (Wildman–Crippen MR) is 82.7 cm³/mol. The quantitative estimate of drug-likeness (QED) is 0.378. The standard InChI is InChI=1S/C12H15Cl2N3S/c1-2-3-6-15-12(18)17-16-8-9-4-5-10(13)7-11(9)14/h4-5,7-8H,2-3,6H2,1H3,(H2,15,17,18)/b16-8+. The van der Waals surface area contributed by atoms with E-state index in [1.165, 1.54) is 0 Å². The Hall–Kier alpha value is -0.840. The van der Waals surface area contributed by atoms with Crippen LogP contribution in [0, 0.1) is 0 Å². The molecule has 18 heavy (non-hydrogen) atoms. The number of halogens is 2. The highest BCUT2D eigenvalue weighted by molar-refractivity contribution is 7.80. The van der Waals surface area contributed by atoms with Gasteiger partial charge in [-0.25, -0.2) is 0 Å². The van der Waals surface area contributed by atoms with Crippen molar-refractivity contribution >= 4 is 46.7 Å². The van der Waals surface area contributed by atoms with Gasteiger partial charge in [-0.05, 0) is 30.8 Å². The molecule has 0 aromatic heterocycles. The Kier molecular flexibility index (Phi) is 7.01. The van der Waals surface area contributed by atoms with Gasteiger partial charge in [0.25, 0.3) is 0 Å². The second-order valence-electron chi connectivity index (χ2n) is 3.65. The minimum atomic E-state index is 0.504. The summed E-state index contributed by atoms with van der Waals surface area (Å²) in [7, 11) is 0. The van der Waals surface area contributed by atoms with Gasteiger partial charge in [-0.2, -0.15) is 5.10 Å². The molecule has 0 unspecified atom stereocenters. The lowest BCUT2D eigenvalue weighted by molar-refractivity contribution is 0.745. The third kappa shape index (κ3) is 5.67. The molecule has 6 heteroatoms. The fraction of sp³-hybridized carbons (Fsp3) is 0.333. The van der Waals surface area contributed by atoms with Gasteiger partial charge in [0.15, 0.2) is 5.11 Å². The van der Waals surface area contributed by atoms with Crippen molar-refractivity contribution in [2.45, 2.75) is 19.8 Å². The van der Waals surface area contributed by atoms with Gasteiger partial charge in [0, 0.05) is 17.1 Å². The normalized spacial score (nSPS) is 10.6. The van der Waals surface area contributed by atoms with Gasteiger partial charge in [0.05, 0.1) is 11.2 Å². The van der Waals surface area contributed by atoms with E-state index in [-0.39, 0.29) is 0 Å². The molecule has 0 bridgehead atoms. The summed E-state index contributed by atoms with van der Waals surface area (Å²) in [4.78, 5) is 0. The number of thiocarbonyl (C=S) groups is 1. The molecule has 0 amide bonds. The molecule has 0 fully saturated rings. The first-order valence-electron chi connectivity index (χ1n) is 5.65. The van der Waals surface area contributed by atoms with Crippen molar-refractivity contribution in [2.75, 3.05) is 6.54 Å². The molecular weight excluding hydrogens is 289 g/mol. The summed E-state index contributed by atoms with van der Waals surface area (Å²) in [5, 5.41) is 8.71. The zero-order valence-electron chi connectivity index (χ0n) is 10.0. The lowest BCUT2D eigenvalue weighted by Crippen LogP contribution is -2.32. The van der Waals surface area contributed by atoms with E-state index < -0.39 is 0 Å². The Morgan fingerprint density at radius 3 is 2.89 bits per heavy atom. The number of nitrogens with one attached hydrogen (secondary N) is 2. The molecule has 3 nitrogen and oxygen atoms in total. The van der Waals surface area contributed by atoms with Crippen LogP contribution in [0.25, 0.3) is 0 Å². The molecule has 0 heterocycles. The van der Waals surface area contributed by atoms with E-state index in [0.29, 0.717) is 15.2 Å². The van der Waals surface area contributed by atoms with Crippen LogP contribution in [0.15, 0.2) is 23.3 Å². The molecule has 0 aliphatic heterocycles. The second-order valence-corrected chi connectivity index (χ2v) is 4.90. The third-order valence-electron chi connectivity index (χ3n) is 2.15. The topological polar surface area (TPSA) is 36.4 Å². The Balaban J connectivity index is 2.42. The average Bonchev–Trinajstić information content (AvgIpc) is 2.32. The van der Waals surface area contributed by atoms with E-state index in [0.717, 1.165) is 24.9 Å². The molecule has 98 valence electrons. The second kappa shape index (κ2) is 8.29. The number of unbranched alkanes of at least 4 members (excludes halogenated alkanes) is 1. The van der Waals surface area contributed by atoms with Crippen LogP contribution >= 0.6 is 35.4 Å². The minimum absolute atomic E-state index is 0.504. The highest BCUT2D eigenvalue weighted by atomic mass is 35.5. The van der Waals surface area contributed by atoms with Crippen molar-refractivity contribution in [3.05, 3.63) is 33.8 Å². The maximum atomic E-state index is 6.00. The van der Waals surface area contributed by atoms with Crippen LogP contribution in [-0.4, -0.2) is 17.9 Å². The number of hydrogen-bond acceptors (Lipinski definition) is 2. The van der Waals surface area contributed by atoms with Crippen molar-refractivity contribution in [2.24, 2.45) is 5.10 Å². The molecule has 1 aromatic carbocycles. The average molecular weight is 304 g/mol. The first-order chi connectivity index (χ1) is 8.63. The van der Waals surface area contributed by atoms with Crippen molar-refractivity contribution in [1.29, 1.82) is 0 Å². The highest BCUT2D eigenvalue weighted by Crippen LogP contribution is 2.19. The molecule has 2 N–H and O–H groups in total. The Bertz CT molecular complexity index is 435. The number of rotatable bonds is 5. The smallest absolute Gasteiger partial charge is 0.186 e. The van der Waals surface area contributed by atoms with E-state index in [1.807, 2.05) is 0 Å². The lowest BCUT2D eigenvalue weighted by Gasteiger charge is -2.05. The Morgan fingerprint density at radius 2 is 2.22 bits per heavy atom. The number of benzene rings is 1. The van der Waals surface area contributed by atoms with E-state index >= 15 is 0 Å². The predicted octanol–water partition coefficient (Wildman–Crippen LogP) is 3.59. The molecule has 0 radical (unpaired) electrons. The fourth-order valence-electron chi connectivity index (χ4n) is 1.18. The van der Waals surface area contributed by atoms with Crippen molar-refractivity contribution in [3.63, 3.8) is 0 Å². The first kappa shape index (κ1) is 15.2. The molecule has 1 aromatic rings. The third-order valence-corrected chi connectivity index (χ3v) is 2.95. The van der Waals surface area contributed by atoms with Crippen molar-refractivity contribution < 1.29 is 0 Å². The zero-order valence-corrected chi connectivity index (χ0v) is 12.4. The summed E-state index contributed by atoms with van der Waals surface area (Å²) in [5.74, 6) is 0. The van der Waals surface area contributed by atoms with Crippen LogP contribution in [0.1, 0.15) is 25.3 Å². The number of hydrogen-bond donors (Lipinski definition) is 2. The van der Waals surface area contributed by atoms with Crippen LogP contribution in [0.2, 0.25) is 10.0 Å². The highest BCUT2D eigenvalue weighted by Gasteiger charge is 1.98. The van der Waals surface area contributed by atoms with Crippen LogP contribution in [0.3, 0.4) is 0 Å². The SMILES string of the molecule is CCCCNC(=S)N/N=C/c1ccc(Cl)cc1Cl. The summed E-state index contributed by atoms with van der Waals surface area (Å²) in [6, 6.07) is 5.22. The van der Waals surface area contributed by atoms with Crippen LogP contribution in [0.4, 0.5) is 0 Å². The fourth-order valence-corrected chi connectivity index (χ4v) is 1.80. The van der Waals surface area contributed by atoms with E-state index in [1.54, 1.807) is 24.4 Å². The maximum Gasteiger partial charge on any atom is 0.186 e. The van der Waals surface area contributed by atoms with E-state index in [4.69, 9.17) is 35.4 Å². The molecule has 0 aliphatic rings. The molecular formula is C12H15Cl2N3S. The maximum absolute atomic E-state index is 6.00. The monoisotopic (exact) mass is 303 g/mol. The van der Waals surface area contributed by atoms with Crippen LogP contribution in [0.5, 0.6) is 0 Å². The molecule has 0 saturated heterocycles. The number of nitrogens with zero attached hydrogens (tertiary/aromatic N) is 1. The summed E-state index contributed by atoms with van der Waals surface area (Å²) in [5.41, 5.74) is 3.51. The van der Waals surface area contributed by atoms with Crippen molar-refractivity contribution in [3.8, 4) is 0 Å². The molecule has 0 saturated carbocycles. The summed E-state index contributed by atoms with van der Waals surface area (Å²) in [6.07, 6.45) is 3.81. The summed E-state index contributed by atoms with van der Waals surface area (Å²) < 4.78 is 0. The number of hydrazone groups is 1. The molecule has 0 spiro atoms. The first-order valence-corrected chi connectivity index (χ1v) is 6.82. The summed E-state index contributed by atoms with van der Waals surface area (Å²) in [6.45, 7) is 2.97. The van der Waals surface area contributed by atoms with Gasteiger partial charge in [0.1, 0.15) is 0 Å². The van der Waals surface area contributed by atoms with Crippen LogP contribution in [-0.2, 0) is 0 Å². The van der Waals surface area contributed by atoms with Gasteiger partial charge in [-0.15, -0.1) is 0 Å². The zero-order chi connectivity index (χ0) is 13.4. The van der Waals surface area contributed by atoms with Gasteiger partial charge in [0.2, 0.25) is 0 Å². The Labute approximate surface area is 123 Å². The lowest BCUT2D eigenvalue weighted by atomic mass is 10.2. The van der Waals surface area contributed by atoms with Gasteiger partial charge in [-0.1, -0.05) is 42.6 Å². The largest absolute Gasteiger partial charge is 0.361 e. The van der Waals surface area contributed by atoms with E-state index in [2.05, 4.69) is 22.8 Å². The van der Waals surface area contributed by atoms with Crippen LogP contribution < -0.4 is 10.7 Å². The molecule has 0 aliphatic carbocycles. The molecule has 0 atom stereocenters. The van der Waals surface area contributed by atoms with Gasteiger partial charge in [-0.3, -0.25) is 5.43 Å². The van der Waals surface area contributed by atoms with Crippen molar-refractivity contribution in [1.82, 2.24) is 10.7 Å². The molecule has 1 rings (SSSR count). The van der Waals surface area contributed by atoms with Gasteiger partial charge < -0.3 is 5.32 Å². The minimum Gasteiger partial charge on any atom is -0.361 e. The Morgan fingerprint density at radius 1 is 1.44 bits per heavy atom. The van der Waals surface area contributed by atoms with E-state index in [9.17, 15) is 0 Å². The van der Waals surface area contributed by atoms with Gasteiger partial charge >= 0.3 is 0 Å². The summed E-state index contributed by atoms with van der Waals surface area (Å²) >= 11 is 16.8.